The molecule has 3 rings (SSSR count). The molecule has 1 unspecified atom stereocenters. The zero-order valence-corrected chi connectivity index (χ0v) is 12.4. The fourth-order valence-electron chi connectivity index (χ4n) is 4.24. The molecule has 110 valence electrons. The van der Waals surface area contributed by atoms with Crippen LogP contribution in [-0.2, 0) is 11.8 Å². The van der Waals surface area contributed by atoms with Crippen LogP contribution >= 0.6 is 0 Å². The molecule has 3 atom stereocenters. The molecule has 20 heavy (non-hydrogen) atoms. The molecule has 1 N–H and O–H groups in total. The molecule has 3 heteroatoms. The smallest absolute Gasteiger partial charge is 0.115 e. The first kappa shape index (κ1) is 13.9. The van der Waals surface area contributed by atoms with Crippen molar-refractivity contribution in [3.8, 4) is 5.75 Å². The highest BCUT2D eigenvalue weighted by atomic mass is 18.2. The van der Waals surface area contributed by atoms with Gasteiger partial charge in [0.1, 0.15) is 5.75 Å². The molecule has 2 nitrogen and oxygen atoms in total. The SMILES string of the molecule is C[C@H]1C2Cc3ccc(O)cc3[C@]1(C)CCN2CCC[18F]. The van der Waals surface area contributed by atoms with Gasteiger partial charge in [0.2, 0.25) is 0 Å². The number of hydrogen-bond donors (Lipinski definition) is 1. The van der Waals surface area contributed by atoms with Crippen LogP contribution in [0, 0.1) is 5.92 Å². The van der Waals surface area contributed by atoms with E-state index in [4.69, 9.17) is 0 Å². The summed E-state index contributed by atoms with van der Waals surface area (Å²) in [6.07, 6.45) is 2.76. The molecule has 1 saturated heterocycles. The molecule has 0 radical (unpaired) electrons. The van der Waals surface area contributed by atoms with Gasteiger partial charge in [-0.1, -0.05) is 19.9 Å². The van der Waals surface area contributed by atoms with Crippen molar-refractivity contribution in [2.75, 3.05) is 19.8 Å². The number of benzene rings is 1. The Labute approximate surface area is 120 Å². The Bertz CT molecular complexity index is 504. The first-order valence-corrected chi connectivity index (χ1v) is 7.68. The largest absolute Gasteiger partial charge is 0.508 e. The van der Waals surface area contributed by atoms with Gasteiger partial charge in [0.15, 0.2) is 0 Å². The molecule has 1 aliphatic heterocycles. The number of likely N-dealkylation sites (tertiary alicyclic amines) is 1. The number of fused-ring (bicyclic) bond motifs is 4. The lowest BCUT2D eigenvalue weighted by atomic mass is 9.59. The Balaban J connectivity index is 1.95. The minimum Gasteiger partial charge on any atom is -0.508 e. The maximum atomic E-state index is 12.5. The number of alkyl halides is 1. The Morgan fingerprint density at radius 3 is 3.00 bits per heavy atom. The van der Waals surface area contributed by atoms with E-state index >= 15 is 0 Å². The van der Waals surface area contributed by atoms with Gasteiger partial charge >= 0.3 is 0 Å². The van der Waals surface area contributed by atoms with Crippen LogP contribution in [0.5, 0.6) is 5.75 Å². The number of hydrogen-bond acceptors (Lipinski definition) is 2. The molecule has 0 aromatic heterocycles. The summed E-state index contributed by atoms with van der Waals surface area (Å²) in [6, 6.07) is 6.33. The summed E-state index contributed by atoms with van der Waals surface area (Å²) in [7, 11) is 0. The number of halogens is 1. The lowest BCUT2D eigenvalue weighted by Crippen LogP contribution is -2.58. The standard InChI is InChI=1S/C17H24FNO/c1-12-16-10-13-4-5-14(20)11-15(13)17(12,2)6-9-19(16)8-3-7-18/h4-5,11-12,16,20H,3,6-10H2,1-2H3/t12-,16?,17+/m0/s1/i18-1. The molecule has 1 aliphatic carbocycles. The third-order valence-corrected chi connectivity index (χ3v) is 5.69. The van der Waals surface area contributed by atoms with E-state index in [1.165, 1.54) is 11.1 Å². The first-order chi connectivity index (χ1) is 9.56. The minimum absolute atomic E-state index is 0.142. The number of rotatable bonds is 3. The summed E-state index contributed by atoms with van der Waals surface area (Å²) in [5.41, 5.74) is 2.83. The quantitative estimate of drug-likeness (QED) is 0.916. The molecule has 1 aromatic carbocycles. The lowest BCUT2D eigenvalue weighted by Gasteiger charge is -2.54. The predicted octanol–water partition coefficient (Wildman–Crippen LogP) is 3.28. The van der Waals surface area contributed by atoms with E-state index in [1.807, 2.05) is 6.07 Å². The third kappa shape index (κ3) is 2.03. The maximum Gasteiger partial charge on any atom is 0.115 e. The van der Waals surface area contributed by atoms with E-state index in [9.17, 15) is 9.50 Å². The zero-order valence-electron chi connectivity index (χ0n) is 12.4. The van der Waals surface area contributed by atoms with E-state index in [-0.39, 0.29) is 12.1 Å². The molecular weight excluding hydrogens is 252 g/mol. The fraction of sp³-hybridized carbons (Fsp3) is 0.647. The van der Waals surface area contributed by atoms with Crippen molar-refractivity contribution in [3.63, 3.8) is 0 Å². The molecule has 2 bridgehead atoms. The van der Waals surface area contributed by atoms with Crippen molar-refractivity contribution in [2.24, 2.45) is 5.92 Å². The average molecular weight is 276 g/mol. The van der Waals surface area contributed by atoms with Crippen LogP contribution in [-0.4, -0.2) is 35.8 Å². The van der Waals surface area contributed by atoms with Crippen LogP contribution in [0.15, 0.2) is 18.2 Å². The highest BCUT2D eigenvalue weighted by Gasteiger charge is 2.48. The van der Waals surface area contributed by atoms with E-state index < -0.39 is 0 Å². The van der Waals surface area contributed by atoms with E-state index in [2.05, 4.69) is 24.8 Å². The fourth-order valence-corrected chi connectivity index (χ4v) is 4.24. The predicted molar refractivity (Wildman–Crippen MR) is 78.9 cm³/mol. The molecule has 0 saturated carbocycles. The van der Waals surface area contributed by atoms with Gasteiger partial charge in [-0.25, -0.2) is 0 Å². The van der Waals surface area contributed by atoms with E-state index in [0.29, 0.717) is 24.1 Å². The molecular formula is C17H24FNO. The Morgan fingerprint density at radius 1 is 1.45 bits per heavy atom. The van der Waals surface area contributed by atoms with Gasteiger partial charge in [-0.05, 0) is 60.4 Å². The minimum atomic E-state index is -0.223. The van der Waals surface area contributed by atoms with Gasteiger partial charge in [-0.2, -0.15) is 0 Å². The number of aromatic hydroxyl groups is 1. The molecule has 0 spiro atoms. The average Bonchev–Trinajstić information content (AvgIpc) is 2.43. The van der Waals surface area contributed by atoms with Crippen LogP contribution in [0.2, 0.25) is 0 Å². The number of piperidine rings is 1. The second-order valence-electron chi connectivity index (χ2n) is 6.65. The monoisotopic (exact) mass is 276 g/mol. The Kier molecular flexibility index (Phi) is 3.49. The molecule has 0 amide bonds. The second-order valence-corrected chi connectivity index (χ2v) is 6.65. The summed E-state index contributed by atoms with van der Waals surface area (Å²) >= 11 is 0. The third-order valence-electron chi connectivity index (χ3n) is 5.69. The van der Waals surface area contributed by atoms with Crippen molar-refractivity contribution in [1.82, 2.24) is 4.90 Å². The summed E-state index contributed by atoms with van der Waals surface area (Å²) in [5.74, 6) is 0.917. The van der Waals surface area contributed by atoms with Crippen LogP contribution in [0.25, 0.3) is 0 Å². The number of phenols is 1. The van der Waals surface area contributed by atoms with Gasteiger partial charge in [0.05, 0.1) is 6.67 Å². The second kappa shape index (κ2) is 5.03. The number of nitrogens with zero attached hydrogens (tertiary/aromatic N) is 1. The highest BCUT2D eigenvalue weighted by molar-refractivity contribution is 5.44. The van der Waals surface area contributed by atoms with Crippen molar-refractivity contribution in [3.05, 3.63) is 29.3 Å². The van der Waals surface area contributed by atoms with Gasteiger partial charge in [0, 0.05) is 12.6 Å². The van der Waals surface area contributed by atoms with Crippen molar-refractivity contribution in [1.29, 1.82) is 0 Å². The van der Waals surface area contributed by atoms with Gasteiger partial charge in [-0.3, -0.25) is 9.29 Å². The topological polar surface area (TPSA) is 23.5 Å². The normalized spacial score (nSPS) is 33.0. The molecule has 1 fully saturated rings. The van der Waals surface area contributed by atoms with Gasteiger partial charge in [-0.15, -0.1) is 0 Å². The van der Waals surface area contributed by atoms with Crippen molar-refractivity contribution in [2.45, 2.75) is 44.6 Å². The van der Waals surface area contributed by atoms with E-state index in [1.54, 1.807) is 6.07 Å². The van der Waals surface area contributed by atoms with Gasteiger partial charge in [0.25, 0.3) is 0 Å². The highest BCUT2D eigenvalue weighted by Crippen LogP contribution is 2.49. The van der Waals surface area contributed by atoms with E-state index in [0.717, 1.165) is 25.9 Å². The maximum absolute atomic E-state index is 12.5. The molecule has 2 aliphatic rings. The van der Waals surface area contributed by atoms with Crippen molar-refractivity contribution < 1.29 is 9.50 Å². The molecule has 1 heterocycles. The summed E-state index contributed by atoms with van der Waals surface area (Å²) in [5, 5.41) is 9.80. The Hall–Kier alpha value is -1.09. The lowest BCUT2D eigenvalue weighted by molar-refractivity contribution is 0.0296. The van der Waals surface area contributed by atoms with Gasteiger partial charge < -0.3 is 5.11 Å². The zero-order chi connectivity index (χ0) is 14.3. The van der Waals surface area contributed by atoms with Crippen LogP contribution in [0.3, 0.4) is 0 Å². The summed E-state index contributed by atoms with van der Waals surface area (Å²) in [4.78, 5) is 2.47. The van der Waals surface area contributed by atoms with Crippen LogP contribution in [0.4, 0.5) is 4.39 Å². The summed E-state index contributed by atoms with van der Waals surface area (Å²) < 4.78 is 12.5. The van der Waals surface area contributed by atoms with Crippen LogP contribution < -0.4 is 0 Å². The Morgan fingerprint density at radius 2 is 2.25 bits per heavy atom. The van der Waals surface area contributed by atoms with Crippen LogP contribution in [0.1, 0.15) is 37.8 Å². The molecule has 1 aromatic rings. The first-order valence-electron chi connectivity index (χ1n) is 7.68. The summed E-state index contributed by atoms with van der Waals surface area (Å²) in [6.45, 7) is 6.34. The van der Waals surface area contributed by atoms with Crippen molar-refractivity contribution >= 4 is 0 Å². The number of phenolic OH excluding ortho intramolecular Hbond substituents is 1.